The van der Waals surface area contributed by atoms with Gasteiger partial charge in [0.2, 0.25) is 12.1 Å². The number of fused-ring (bicyclic) bond motifs is 2. The fraction of sp³-hybridized carbons (Fsp3) is 0.333. The first-order valence-corrected chi connectivity index (χ1v) is 9.55. The zero-order valence-electron chi connectivity index (χ0n) is 16.6. The number of ether oxygens (including phenoxy) is 2. The van der Waals surface area contributed by atoms with E-state index in [4.69, 9.17) is 9.47 Å². The second kappa shape index (κ2) is 7.73. The Balaban J connectivity index is 1.85. The van der Waals surface area contributed by atoms with E-state index in [0.29, 0.717) is 0 Å². The Bertz CT molecular complexity index is 1120. The Morgan fingerprint density at radius 3 is 2.22 bits per heavy atom. The van der Waals surface area contributed by atoms with Gasteiger partial charge in [0.15, 0.2) is 17.3 Å². The minimum atomic E-state index is -1.84. The van der Waals surface area contributed by atoms with Gasteiger partial charge in [-0.15, -0.1) is 0 Å². The number of ketones is 2. The Morgan fingerprint density at radius 2 is 1.56 bits per heavy atom. The number of aliphatic hydroxyl groups excluding tert-OH is 4. The van der Waals surface area contributed by atoms with Crippen molar-refractivity contribution in [1.29, 1.82) is 0 Å². The largest absolute Gasteiger partial charge is 0.508 e. The van der Waals surface area contributed by atoms with E-state index in [0.717, 1.165) is 12.1 Å². The summed E-state index contributed by atoms with van der Waals surface area (Å²) in [6.45, 7) is 0.688. The fourth-order valence-electron chi connectivity index (χ4n) is 3.88. The lowest BCUT2D eigenvalue weighted by atomic mass is 9.82. The van der Waals surface area contributed by atoms with Crippen molar-refractivity contribution in [2.45, 2.75) is 37.6 Å². The number of carbonyl (C=O) groups is 2. The zero-order valence-corrected chi connectivity index (χ0v) is 16.6. The van der Waals surface area contributed by atoms with Crippen LogP contribution in [0.25, 0.3) is 0 Å². The van der Waals surface area contributed by atoms with Crippen molar-refractivity contribution in [2.75, 3.05) is 6.61 Å². The number of aliphatic hydroxyl groups is 4. The highest BCUT2D eigenvalue weighted by atomic mass is 16.7. The molecular weight excluding hydrogens is 428 g/mol. The smallest absolute Gasteiger partial charge is 0.229 e. The molecule has 0 bridgehead atoms. The van der Waals surface area contributed by atoms with Crippen molar-refractivity contribution in [3.05, 3.63) is 46.0 Å². The summed E-state index contributed by atoms with van der Waals surface area (Å²) in [6, 6.07) is 3.13. The molecule has 2 aliphatic rings. The Morgan fingerprint density at radius 1 is 0.906 bits per heavy atom. The molecule has 32 heavy (non-hydrogen) atoms. The van der Waals surface area contributed by atoms with Gasteiger partial charge in [0, 0.05) is 17.2 Å². The van der Waals surface area contributed by atoms with Crippen molar-refractivity contribution in [2.24, 2.45) is 0 Å². The van der Waals surface area contributed by atoms with Crippen LogP contribution in [-0.4, -0.2) is 84.6 Å². The van der Waals surface area contributed by atoms with E-state index in [2.05, 4.69) is 0 Å². The quantitative estimate of drug-likeness (QED) is 0.261. The molecule has 7 N–H and O–H groups in total. The van der Waals surface area contributed by atoms with E-state index >= 15 is 0 Å². The normalized spacial score (nSPS) is 27.1. The maximum Gasteiger partial charge on any atom is 0.229 e. The number of carbonyl (C=O) groups excluding carboxylic acids is 2. The third-order valence-corrected chi connectivity index (χ3v) is 5.57. The van der Waals surface area contributed by atoms with E-state index in [9.17, 15) is 45.3 Å². The molecular formula is C21H20O11. The van der Waals surface area contributed by atoms with Crippen molar-refractivity contribution >= 4 is 11.6 Å². The zero-order chi connectivity index (χ0) is 23.5. The molecule has 11 heteroatoms. The van der Waals surface area contributed by atoms with Gasteiger partial charge < -0.3 is 45.2 Å². The van der Waals surface area contributed by atoms with E-state index in [-0.39, 0.29) is 16.7 Å². The second-order valence-corrected chi connectivity index (χ2v) is 7.65. The minimum Gasteiger partial charge on any atom is -0.508 e. The summed E-state index contributed by atoms with van der Waals surface area (Å²) in [4.78, 5) is 26.2. The molecule has 0 aromatic heterocycles. The summed E-state index contributed by atoms with van der Waals surface area (Å²) in [7, 11) is 0. The van der Waals surface area contributed by atoms with E-state index in [1.54, 1.807) is 0 Å². The second-order valence-electron chi connectivity index (χ2n) is 7.65. The van der Waals surface area contributed by atoms with E-state index < -0.39 is 83.0 Å². The van der Waals surface area contributed by atoms with Crippen molar-refractivity contribution in [1.82, 2.24) is 0 Å². The maximum absolute atomic E-state index is 13.2. The summed E-state index contributed by atoms with van der Waals surface area (Å²) >= 11 is 0. The van der Waals surface area contributed by atoms with Gasteiger partial charge >= 0.3 is 0 Å². The lowest BCUT2D eigenvalue weighted by Crippen LogP contribution is -2.60. The number of aryl methyl sites for hydroxylation is 1. The number of phenols is 3. The molecule has 1 heterocycles. The molecule has 0 saturated carbocycles. The van der Waals surface area contributed by atoms with Gasteiger partial charge in [-0.2, -0.15) is 0 Å². The Labute approximate surface area is 180 Å². The maximum atomic E-state index is 13.2. The minimum absolute atomic E-state index is 0.123. The molecule has 2 aromatic carbocycles. The van der Waals surface area contributed by atoms with Gasteiger partial charge in [0.25, 0.3) is 0 Å². The number of aromatic hydroxyl groups is 3. The first-order valence-electron chi connectivity index (χ1n) is 9.55. The summed E-state index contributed by atoms with van der Waals surface area (Å²) < 4.78 is 10.8. The molecule has 2 aromatic rings. The first-order chi connectivity index (χ1) is 15.1. The van der Waals surface area contributed by atoms with Crippen LogP contribution in [0.3, 0.4) is 0 Å². The molecule has 5 unspecified atom stereocenters. The molecule has 1 saturated heterocycles. The van der Waals surface area contributed by atoms with Crippen LogP contribution in [0, 0.1) is 6.92 Å². The van der Waals surface area contributed by atoms with Gasteiger partial charge in [0.1, 0.15) is 35.9 Å². The highest BCUT2D eigenvalue weighted by Crippen LogP contribution is 2.44. The molecule has 0 radical (unpaired) electrons. The molecule has 4 rings (SSSR count). The van der Waals surface area contributed by atoms with Crippen LogP contribution in [0.15, 0.2) is 18.2 Å². The number of phenolic OH excluding ortho intramolecular Hbond substituents is 3. The molecule has 11 nitrogen and oxygen atoms in total. The van der Waals surface area contributed by atoms with Crippen molar-refractivity contribution < 1.29 is 54.8 Å². The first kappa shape index (κ1) is 22.0. The van der Waals surface area contributed by atoms with Gasteiger partial charge in [0.05, 0.1) is 17.7 Å². The van der Waals surface area contributed by atoms with E-state index in [1.165, 1.54) is 13.0 Å². The molecule has 1 aliphatic heterocycles. The number of rotatable bonds is 3. The number of hydrogen-bond acceptors (Lipinski definition) is 11. The third kappa shape index (κ3) is 3.18. The topological polar surface area (TPSA) is 194 Å². The summed E-state index contributed by atoms with van der Waals surface area (Å²) in [5, 5.41) is 70.0. The standard InChI is InChI=1S/C21H20O11/c1-6-2-8-13(17(28)12-9(15(8)26)3-7(23)4-10(12)24)20(14(6)25)32-21-19(30)18(29)16(27)11(5-22)31-21/h2-4,11,16,18-19,21-25,27,29-30H,5H2,1H3. The SMILES string of the molecule is Cc1cc2c(c(OC3OC(CO)C(O)C(O)C3O)c1O)C(=O)c1c(O)cc(O)cc1C2=O. The highest BCUT2D eigenvalue weighted by Gasteiger charge is 2.46. The fourth-order valence-corrected chi connectivity index (χ4v) is 3.88. The van der Waals surface area contributed by atoms with Crippen molar-refractivity contribution in [3.8, 4) is 23.0 Å². The molecule has 170 valence electrons. The summed E-state index contributed by atoms with van der Waals surface area (Å²) in [6.07, 6.45) is -8.32. The molecule has 1 aliphatic carbocycles. The Hall–Kier alpha value is -3.22. The van der Waals surface area contributed by atoms with Gasteiger partial charge in [-0.25, -0.2) is 0 Å². The monoisotopic (exact) mass is 448 g/mol. The van der Waals surface area contributed by atoms with Crippen LogP contribution < -0.4 is 4.74 Å². The van der Waals surface area contributed by atoms with Crippen LogP contribution in [0.4, 0.5) is 0 Å². The van der Waals surface area contributed by atoms with Gasteiger partial charge in [-0.05, 0) is 24.6 Å². The van der Waals surface area contributed by atoms with Crippen LogP contribution in [0.1, 0.15) is 37.4 Å². The molecule has 0 spiro atoms. The lowest BCUT2D eigenvalue weighted by molar-refractivity contribution is -0.277. The van der Waals surface area contributed by atoms with Crippen LogP contribution in [0.2, 0.25) is 0 Å². The van der Waals surface area contributed by atoms with Gasteiger partial charge in [-0.1, -0.05) is 0 Å². The predicted octanol–water partition coefficient (Wildman–Crippen LogP) is -0.934. The number of hydrogen-bond donors (Lipinski definition) is 7. The van der Waals surface area contributed by atoms with Gasteiger partial charge in [-0.3, -0.25) is 9.59 Å². The predicted molar refractivity (Wildman–Crippen MR) is 104 cm³/mol. The molecule has 5 atom stereocenters. The summed E-state index contributed by atoms with van der Waals surface area (Å²) in [5.41, 5.74) is -1.16. The Kier molecular flexibility index (Phi) is 5.31. The molecule has 1 fully saturated rings. The van der Waals surface area contributed by atoms with Crippen LogP contribution >= 0.6 is 0 Å². The molecule has 0 amide bonds. The van der Waals surface area contributed by atoms with E-state index in [1.807, 2.05) is 0 Å². The lowest BCUT2D eigenvalue weighted by Gasteiger charge is -2.40. The van der Waals surface area contributed by atoms with Crippen molar-refractivity contribution in [3.63, 3.8) is 0 Å². The average Bonchev–Trinajstić information content (AvgIpc) is 2.74. The van der Waals surface area contributed by atoms with Crippen LogP contribution in [0.5, 0.6) is 23.0 Å². The highest BCUT2D eigenvalue weighted by molar-refractivity contribution is 6.30. The number of benzene rings is 2. The third-order valence-electron chi connectivity index (χ3n) is 5.57. The summed E-state index contributed by atoms with van der Waals surface area (Å²) in [5.74, 6) is -3.85. The van der Waals surface area contributed by atoms with Crippen LogP contribution in [-0.2, 0) is 4.74 Å². The average molecular weight is 448 g/mol.